The summed E-state index contributed by atoms with van der Waals surface area (Å²) in [7, 11) is -1.15. The van der Waals surface area contributed by atoms with Crippen molar-refractivity contribution in [3.8, 4) is 6.07 Å². The van der Waals surface area contributed by atoms with Gasteiger partial charge in [0.05, 0.1) is 10.8 Å². The average molecular weight is 207 g/mol. The maximum Gasteiger partial charge on any atom is 0.183 e. The lowest BCUT2D eigenvalue weighted by atomic mass is 10.6. The molecule has 0 amide bonds. The van der Waals surface area contributed by atoms with Gasteiger partial charge in [-0.15, -0.1) is 0 Å². The van der Waals surface area contributed by atoms with E-state index in [1.807, 2.05) is 6.07 Å². The molecule has 0 fully saturated rings. The van der Waals surface area contributed by atoms with Crippen molar-refractivity contribution in [3.63, 3.8) is 0 Å². The zero-order valence-corrected chi connectivity index (χ0v) is 7.89. The van der Waals surface area contributed by atoms with Crippen molar-refractivity contribution in [1.82, 2.24) is 4.98 Å². The van der Waals surface area contributed by atoms with Crippen LogP contribution in [0.5, 0.6) is 0 Å². The smallest absolute Gasteiger partial charge is 0.183 e. The Hall–Kier alpha value is -0.440. The fourth-order valence-corrected chi connectivity index (χ4v) is 2.24. The summed E-state index contributed by atoms with van der Waals surface area (Å²) < 4.78 is 11.2. The predicted molar refractivity (Wildman–Crippen MR) is 44.2 cm³/mol. The number of rotatable bonds is 1. The number of thiazole rings is 1. The van der Waals surface area contributed by atoms with Crippen molar-refractivity contribution >= 4 is 33.7 Å². The van der Waals surface area contributed by atoms with E-state index in [0.29, 0.717) is 9.22 Å². The Kier molecular flexibility index (Phi) is 2.60. The van der Waals surface area contributed by atoms with Crippen LogP contribution in [0.4, 0.5) is 0 Å². The van der Waals surface area contributed by atoms with Gasteiger partial charge >= 0.3 is 0 Å². The molecule has 0 aliphatic carbocycles. The summed E-state index contributed by atoms with van der Waals surface area (Å²) in [6.45, 7) is 0. The average Bonchev–Trinajstić information content (AvgIpc) is 2.31. The van der Waals surface area contributed by atoms with Gasteiger partial charge in [-0.2, -0.15) is 5.26 Å². The summed E-state index contributed by atoms with van der Waals surface area (Å²) >= 11 is 6.59. The van der Waals surface area contributed by atoms with Gasteiger partial charge in [0.15, 0.2) is 9.49 Å². The van der Waals surface area contributed by atoms with Crippen LogP contribution in [-0.4, -0.2) is 15.4 Å². The Morgan fingerprint density at radius 2 is 2.45 bits per heavy atom. The second-order valence-corrected chi connectivity index (χ2v) is 4.58. The molecule has 0 aliphatic heterocycles. The molecule has 6 heteroatoms. The fourth-order valence-electron chi connectivity index (χ4n) is 0.475. The van der Waals surface area contributed by atoms with Crippen molar-refractivity contribution < 1.29 is 4.21 Å². The highest BCUT2D eigenvalue weighted by atomic mass is 35.5. The minimum Gasteiger partial charge on any atom is -0.252 e. The molecule has 1 atom stereocenters. The molecule has 1 aromatic heterocycles. The van der Waals surface area contributed by atoms with Crippen molar-refractivity contribution in [1.29, 1.82) is 5.26 Å². The monoisotopic (exact) mass is 206 g/mol. The quantitative estimate of drug-likeness (QED) is 0.698. The van der Waals surface area contributed by atoms with Crippen LogP contribution in [0.15, 0.2) is 4.34 Å². The first kappa shape index (κ1) is 8.65. The minimum absolute atomic E-state index is 0.141. The topological polar surface area (TPSA) is 53.8 Å². The van der Waals surface area contributed by atoms with Gasteiger partial charge in [-0.1, -0.05) is 22.9 Å². The summed E-state index contributed by atoms with van der Waals surface area (Å²) in [5, 5.41) is 8.59. The zero-order valence-electron chi connectivity index (χ0n) is 5.50. The number of nitrogens with zero attached hydrogens (tertiary/aromatic N) is 2. The molecule has 0 spiro atoms. The molecule has 11 heavy (non-hydrogen) atoms. The van der Waals surface area contributed by atoms with Gasteiger partial charge < -0.3 is 0 Å². The van der Waals surface area contributed by atoms with E-state index in [9.17, 15) is 4.21 Å². The fraction of sp³-hybridized carbons (Fsp3) is 0.200. The highest BCUT2D eigenvalue weighted by Crippen LogP contribution is 2.23. The molecule has 0 N–H and O–H groups in total. The molecule has 0 saturated heterocycles. The van der Waals surface area contributed by atoms with Crippen LogP contribution >= 0.6 is 22.9 Å². The van der Waals surface area contributed by atoms with Crippen molar-refractivity contribution in [3.05, 3.63) is 10.0 Å². The number of nitriles is 1. The van der Waals surface area contributed by atoms with Crippen molar-refractivity contribution in [2.45, 2.75) is 4.34 Å². The molecular formula is C5H3ClN2OS2. The van der Waals surface area contributed by atoms with E-state index in [-0.39, 0.29) is 5.15 Å². The zero-order chi connectivity index (χ0) is 8.43. The standard InChI is InChI=1S/C5H3ClN2OS2/c1-11(9)5-8-4(6)3(2-7)10-5/h1H3. The molecule has 1 heterocycles. The normalized spacial score (nSPS) is 12.5. The summed E-state index contributed by atoms with van der Waals surface area (Å²) in [5.74, 6) is 0. The van der Waals surface area contributed by atoms with E-state index in [1.54, 1.807) is 0 Å². The molecule has 1 rings (SSSR count). The van der Waals surface area contributed by atoms with Gasteiger partial charge in [-0.05, 0) is 0 Å². The number of halogens is 1. The van der Waals surface area contributed by atoms with Crippen LogP contribution < -0.4 is 0 Å². The summed E-state index contributed by atoms with van der Waals surface area (Å²) in [6, 6.07) is 1.86. The predicted octanol–water partition coefficient (Wildman–Crippen LogP) is 1.41. The molecular weight excluding hydrogens is 204 g/mol. The minimum atomic E-state index is -1.15. The second-order valence-electron chi connectivity index (χ2n) is 1.67. The Bertz CT molecular complexity index is 341. The first-order valence-electron chi connectivity index (χ1n) is 2.55. The first-order chi connectivity index (χ1) is 5.15. The van der Waals surface area contributed by atoms with Crippen LogP contribution in [0.25, 0.3) is 0 Å². The van der Waals surface area contributed by atoms with Gasteiger partial charge in [0.1, 0.15) is 10.9 Å². The highest BCUT2D eigenvalue weighted by Gasteiger charge is 2.10. The molecule has 0 saturated carbocycles. The molecule has 0 bridgehead atoms. The molecule has 3 nitrogen and oxygen atoms in total. The van der Waals surface area contributed by atoms with Gasteiger partial charge in [0.2, 0.25) is 0 Å². The third-order valence-electron chi connectivity index (χ3n) is 0.914. The lowest BCUT2D eigenvalue weighted by Crippen LogP contribution is -1.83. The van der Waals surface area contributed by atoms with Crippen molar-refractivity contribution in [2.75, 3.05) is 6.26 Å². The Morgan fingerprint density at radius 3 is 2.73 bits per heavy atom. The van der Waals surface area contributed by atoms with E-state index in [1.165, 1.54) is 6.26 Å². The Morgan fingerprint density at radius 1 is 1.82 bits per heavy atom. The van der Waals surface area contributed by atoms with E-state index in [0.717, 1.165) is 11.3 Å². The Balaban J connectivity index is 3.18. The van der Waals surface area contributed by atoms with Gasteiger partial charge in [-0.3, -0.25) is 4.21 Å². The van der Waals surface area contributed by atoms with Crippen LogP contribution in [-0.2, 0) is 10.8 Å². The SMILES string of the molecule is CS(=O)c1nc(Cl)c(C#N)s1. The van der Waals surface area contributed by atoms with Crippen LogP contribution in [0, 0.1) is 11.3 Å². The van der Waals surface area contributed by atoms with E-state index < -0.39 is 10.8 Å². The first-order valence-corrected chi connectivity index (χ1v) is 5.30. The van der Waals surface area contributed by atoms with Crippen LogP contribution in [0.1, 0.15) is 4.88 Å². The highest BCUT2D eigenvalue weighted by molar-refractivity contribution is 7.86. The molecule has 0 aromatic carbocycles. The van der Waals surface area contributed by atoms with Crippen molar-refractivity contribution in [2.24, 2.45) is 0 Å². The Labute approximate surface area is 75.1 Å². The summed E-state index contributed by atoms with van der Waals surface area (Å²) in [4.78, 5) is 4.06. The van der Waals surface area contributed by atoms with E-state index in [4.69, 9.17) is 16.9 Å². The van der Waals surface area contributed by atoms with E-state index in [2.05, 4.69) is 4.98 Å². The number of hydrogen-bond donors (Lipinski definition) is 0. The molecule has 0 radical (unpaired) electrons. The maximum absolute atomic E-state index is 10.8. The molecule has 58 valence electrons. The van der Waals surface area contributed by atoms with Crippen LogP contribution in [0.2, 0.25) is 5.15 Å². The summed E-state index contributed by atoms with van der Waals surface area (Å²) in [6.07, 6.45) is 1.50. The van der Waals surface area contributed by atoms with E-state index >= 15 is 0 Å². The molecule has 1 aromatic rings. The van der Waals surface area contributed by atoms with Gasteiger partial charge in [-0.25, -0.2) is 4.98 Å². The summed E-state index contributed by atoms with van der Waals surface area (Å²) in [5.41, 5.74) is 0. The molecule has 0 aliphatic rings. The largest absolute Gasteiger partial charge is 0.252 e. The number of hydrogen-bond acceptors (Lipinski definition) is 4. The lowest BCUT2D eigenvalue weighted by Gasteiger charge is -1.80. The molecule has 1 unspecified atom stereocenters. The van der Waals surface area contributed by atoms with Gasteiger partial charge in [0.25, 0.3) is 0 Å². The second kappa shape index (κ2) is 3.30. The van der Waals surface area contributed by atoms with Crippen LogP contribution in [0.3, 0.4) is 0 Å². The third-order valence-corrected chi connectivity index (χ3v) is 3.59. The lowest BCUT2D eigenvalue weighted by molar-refractivity contribution is 0.686. The number of aromatic nitrogens is 1. The van der Waals surface area contributed by atoms with Gasteiger partial charge in [0, 0.05) is 6.26 Å². The maximum atomic E-state index is 10.8. The third kappa shape index (κ3) is 1.77.